The number of sulfonamides is 1. The maximum absolute atomic E-state index is 11.6. The van der Waals surface area contributed by atoms with Crippen LogP contribution < -0.4 is 0 Å². The molecule has 6 heteroatoms. The van der Waals surface area contributed by atoms with Gasteiger partial charge in [-0.1, -0.05) is 0 Å². The number of thioether (sulfide) groups is 1. The van der Waals surface area contributed by atoms with Gasteiger partial charge >= 0.3 is 0 Å². The molecule has 0 heterocycles. The van der Waals surface area contributed by atoms with Gasteiger partial charge in [-0.05, 0) is 19.6 Å². The largest absolute Gasteiger partial charge is 0.396 e. The van der Waals surface area contributed by atoms with Crippen molar-refractivity contribution in [1.82, 2.24) is 4.31 Å². The molecule has 86 valence electrons. The van der Waals surface area contributed by atoms with E-state index < -0.39 is 10.0 Å². The van der Waals surface area contributed by atoms with Crippen molar-refractivity contribution < 1.29 is 13.5 Å². The average Bonchev–Trinajstić information content (AvgIpc) is 2.14. The lowest BCUT2D eigenvalue weighted by Gasteiger charge is -2.23. The molecule has 0 bridgehead atoms. The van der Waals surface area contributed by atoms with E-state index in [0.29, 0.717) is 6.42 Å². The predicted molar refractivity (Wildman–Crippen MR) is 61.1 cm³/mol. The summed E-state index contributed by atoms with van der Waals surface area (Å²) in [6.07, 6.45) is 2.25. The molecule has 0 spiro atoms. The highest BCUT2D eigenvalue weighted by atomic mass is 32.2. The summed E-state index contributed by atoms with van der Waals surface area (Å²) in [5.41, 5.74) is 0. The number of nitrogens with zero attached hydrogens (tertiary/aromatic N) is 1. The highest BCUT2D eigenvalue weighted by Crippen LogP contribution is 2.09. The predicted octanol–water partition coefficient (Wildman–Crippen LogP) is 0.382. The zero-order valence-electron chi connectivity index (χ0n) is 8.93. The first-order valence-electron chi connectivity index (χ1n) is 4.51. The molecule has 0 saturated heterocycles. The fraction of sp³-hybridized carbons (Fsp3) is 1.00. The normalized spacial score (nSPS) is 14.6. The molecule has 0 saturated carbocycles. The molecule has 1 N–H and O–H groups in total. The van der Waals surface area contributed by atoms with Crippen molar-refractivity contribution in [1.29, 1.82) is 0 Å². The number of hydrogen-bond acceptors (Lipinski definition) is 4. The minimum absolute atomic E-state index is 0.00805. The molecule has 0 aromatic rings. The highest BCUT2D eigenvalue weighted by molar-refractivity contribution is 7.98. The van der Waals surface area contributed by atoms with Gasteiger partial charge in [-0.25, -0.2) is 12.7 Å². The Bertz CT molecular complexity index is 241. The molecule has 0 rings (SSSR count). The van der Waals surface area contributed by atoms with Gasteiger partial charge in [-0.3, -0.25) is 0 Å². The lowest BCUT2D eigenvalue weighted by molar-refractivity contribution is 0.293. The third kappa shape index (κ3) is 4.63. The van der Waals surface area contributed by atoms with E-state index in [1.807, 2.05) is 13.2 Å². The van der Waals surface area contributed by atoms with Gasteiger partial charge in [0, 0.05) is 25.4 Å². The molecule has 0 aliphatic rings. The molecule has 0 aromatic heterocycles. The Morgan fingerprint density at radius 3 is 2.50 bits per heavy atom. The summed E-state index contributed by atoms with van der Waals surface area (Å²) in [5, 5.41) is 8.57. The van der Waals surface area contributed by atoms with Crippen LogP contribution in [0.15, 0.2) is 0 Å². The second-order valence-corrected chi connectivity index (χ2v) is 6.27. The van der Waals surface area contributed by atoms with Gasteiger partial charge in [-0.2, -0.15) is 11.8 Å². The summed E-state index contributed by atoms with van der Waals surface area (Å²) in [6.45, 7) is 1.80. The van der Waals surface area contributed by atoms with Crippen LogP contribution in [-0.4, -0.2) is 55.3 Å². The topological polar surface area (TPSA) is 57.6 Å². The standard InChI is InChI=1S/C8H19NO3S2/c1-8(7-13-3)9(2)14(11,12)6-4-5-10/h8,10H,4-7H2,1-3H3. The number of aliphatic hydroxyl groups excluding tert-OH is 1. The summed E-state index contributed by atoms with van der Waals surface area (Å²) in [5.74, 6) is 0.813. The van der Waals surface area contributed by atoms with E-state index in [1.54, 1.807) is 18.8 Å². The summed E-state index contributed by atoms with van der Waals surface area (Å²) < 4.78 is 24.6. The molecule has 1 atom stereocenters. The van der Waals surface area contributed by atoms with Crippen LogP contribution in [0.2, 0.25) is 0 Å². The summed E-state index contributed by atoms with van der Waals surface area (Å²) >= 11 is 1.62. The van der Waals surface area contributed by atoms with Crippen molar-refractivity contribution in [2.45, 2.75) is 19.4 Å². The smallest absolute Gasteiger partial charge is 0.214 e. The number of aliphatic hydroxyl groups is 1. The second-order valence-electron chi connectivity index (χ2n) is 3.21. The van der Waals surface area contributed by atoms with Crippen molar-refractivity contribution in [3.63, 3.8) is 0 Å². The van der Waals surface area contributed by atoms with Crippen LogP contribution in [0, 0.1) is 0 Å². The molecular weight excluding hydrogens is 222 g/mol. The van der Waals surface area contributed by atoms with Crippen LogP contribution >= 0.6 is 11.8 Å². The number of hydrogen-bond donors (Lipinski definition) is 1. The Labute approximate surface area is 90.7 Å². The number of rotatable bonds is 7. The van der Waals surface area contributed by atoms with Crippen LogP contribution in [-0.2, 0) is 10.0 Å². The molecule has 4 nitrogen and oxygen atoms in total. The monoisotopic (exact) mass is 241 g/mol. The van der Waals surface area contributed by atoms with E-state index in [9.17, 15) is 8.42 Å². The maximum atomic E-state index is 11.6. The Morgan fingerprint density at radius 2 is 2.07 bits per heavy atom. The molecule has 0 amide bonds. The van der Waals surface area contributed by atoms with E-state index in [-0.39, 0.29) is 18.4 Å². The maximum Gasteiger partial charge on any atom is 0.214 e. The Balaban J connectivity index is 4.27. The summed E-state index contributed by atoms with van der Waals surface area (Å²) in [7, 11) is -1.59. The van der Waals surface area contributed by atoms with E-state index in [0.717, 1.165) is 5.75 Å². The zero-order valence-corrected chi connectivity index (χ0v) is 10.6. The lowest BCUT2D eigenvalue weighted by Crippen LogP contribution is -2.38. The van der Waals surface area contributed by atoms with Crippen LogP contribution in [0.1, 0.15) is 13.3 Å². The van der Waals surface area contributed by atoms with Gasteiger partial charge in [0.25, 0.3) is 0 Å². The fourth-order valence-electron chi connectivity index (χ4n) is 1.01. The van der Waals surface area contributed by atoms with Gasteiger partial charge in [0.15, 0.2) is 0 Å². The molecule has 0 aromatic carbocycles. The average molecular weight is 241 g/mol. The SMILES string of the molecule is CSCC(C)N(C)S(=O)(=O)CCCO. The first kappa shape index (κ1) is 14.2. The zero-order chi connectivity index (χ0) is 11.2. The van der Waals surface area contributed by atoms with E-state index in [2.05, 4.69) is 0 Å². The highest BCUT2D eigenvalue weighted by Gasteiger charge is 2.21. The lowest BCUT2D eigenvalue weighted by atomic mass is 10.4. The van der Waals surface area contributed by atoms with E-state index in [1.165, 1.54) is 4.31 Å². The van der Waals surface area contributed by atoms with Crippen molar-refractivity contribution in [3.05, 3.63) is 0 Å². The minimum Gasteiger partial charge on any atom is -0.396 e. The van der Waals surface area contributed by atoms with Crippen LogP contribution in [0.4, 0.5) is 0 Å². The van der Waals surface area contributed by atoms with Crippen molar-refractivity contribution in [3.8, 4) is 0 Å². The minimum atomic E-state index is -3.18. The first-order chi connectivity index (χ1) is 6.45. The molecule has 0 fully saturated rings. The van der Waals surface area contributed by atoms with Gasteiger partial charge in [0.1, 0.15) is 0 Å². The van der Waals surface area contributed by atoms with Crippen LogP contribution in [0.3, 0.4) is 0 Å². The quantitative estimate of drug-likeness (QED) is 0.700. The summed E-state index contributed by atoms with van der Waals surface area (Å²) in [6, 6.07) is 0.00805. The van der Waals surface area contributed by atoms with Crippen molar-refractivity contribution >= 4 is 21.8 Å². The van der Waals surface area contributed by atoms with Crippen LogP contribution in [0.25, 0.3) is 0 Å². The Hall–Kier alpha value is 0.220. The molecule has 14 heavy (non-hydrogen) atoms. The van der Waals surface area contributed by atoms with E-state index in [4.69, 9.17) is 5.11 Å². The Kier molecular flexibility index (Phi) is 6.76. The second kappa shape index (κ2) is 6.66. The van der Waals surface area contributed by atoms with E-state index >= 15 is 0 Å². The van der Waals surface area contributed by atoms with Crippen molar-refractivity contribution in [2.75, 3.05) is 31.4 Å². The molecule has 1 unspecified atom stereocenters. The van der Waals surface area contributed by atoms with Gasteiger partial charge in [-0.15, -0.1) is 0 Å². The first-order valence-corrected chi connectivity index (χ1v) is 7.51. The molecule has 0 aliphatic heterocycles. The van der Waals surface area contributed by atoms with Gasteiger partial charge in [0.05, 0.1) is 5.75 Å². The molecular formula is C8H19NO3S2. The van der Waals surface area contributed by atoms with Gasteiger partial charge < -0.3 is 5.11 Å². The summed E-state index contributed by atoms with van der Waals surface area (Å²) in [4.78, 5) is 0. The van der Waals surface area contributed by atoms with Crippen molar-refractivity contribution in [2.24, 2.45) is 0 Å². The van der Waals surface area contributed by atoms with Crippen LogP contribution in [0.5, 0.6) is 0 Å². The molecule has 0 aliphatic carbocycles. The molecule has 0 radical (unpaired) electrons. The third-order valence-corrected chi connectivity index (χ3v) is 4.89. The van der Waals surface area contributed by atoms with Gasteiger partial charge in [0.2, 0.25) is 10.0 Å². The Morgan fingerprint density at radius 1 is 1.50 bits per heavy atom. The fourth-order valence-corrected chi connectivity index (χ4v) is 3.22. The third-order valence-electron chi connectivity index (χ3n) is 2.03.